The molecule has 0 heterocycles. The molecule has 0 aliphatic heterocycles. The van der Waals surface area contributed by atoms with Gasteiger partial charge in [0.05, 0.1) is 22.7 Å². The van der Waals surface area contributed by atoms with Gasteiger partial charge in [0.25, 0.3) is 5.91 Å². The summed E-state index contributed by atoms with van der Waals surface area (Å²) >= 11 is 11.9. The van der Waals surface area contributed by atoms with E-state index in [9.17, 15) is 13.2 Å². The molecule has 21 heavy (non-hydrogen) atoms. The lowest BCUT2D eigenvalue weighted by atomic mass is 10.2. The summed E-state index contributed by atoms with van der Waals surface area (Å²) < 4.78 is 27.0. The van der Waals surface area contributed by atoms with Gasteiger partial charge in [-0.15, -0.1) is 0 Å². The van der Waals surface area contributed by atoms with Crippen molar-refractivity contribution in [2.75, 3.05) is 14.2 Å². The molecule has 6 nitrogen and oxygen atoms in total. The molecule has 1 amide bonds. The number of hydrogen-bond acceptors (Lipinski definition) is 4. The van der Waals surface area contributed by atoms with Gasteiger partial charge in [0, 0.05) is 13.1 Å². The van der Waals surface area contributed by atoms with E-state index in [0.29, 0.717) is 0 Å². The van der Waals surface area contributed by atoms with Gasteiger partial charge in [-0.1, -0.05) is 23.2 Å². The predicted molar refractivity (Wildman–Crippen MR) is 78.9 cm³/mol. The topological polar surface area (TPSA) is 75.7 Å². The Morgan fingerprint density at radius 1 is 1.33 bits per heavy atom. The summed E-state index contributed by atoms with van der Waals surface area (Å²) in [5.41, 5.74) is 0.00147. The number of carbonyl (C=O) groups excluding carboxylic acids is 1. The molecule has 0 bridgehead atoms. The molecule has 1 fully saturated rings. The van der Waals surface area contributed by atoms with E-state index in [4.69, 9.17) is 28.0 Å². The zero-order valence-electron chi connectivity index (χ0n) is 11.4. The van der Waals surface area contributed by atoms with Crippen molar-refractivity contribution in [3.05, 3.63) is 27.7 Å². The van der Waals surface area contributed by atoms with E-state index < -0.39 is 15.9 Å². The van der Waals surface area contributed by atoms with Crippen LogP contribution in [0, 0.1) is 0 Å². The highest BCUT2D eigenvalue weighted by atomic mass is 35.5. The molecule has 0 spiro atoms. The van der Waals surface area contributed by atoms with Gasteiger partial charge >= 0.3 is 0 Å². The van der Waals surface area contributed by atoms with Crippen LogP contribution in [-0.2, 0) is 14.9 Å². The molecule has 0 radical (unpaired) electrons. The van der Waals surface area contributed by atoms with Crippen LogP contribution in [0.25, 0.3) is 0 Å². The molecule has 1 saturated carbocycles. The van der Waals surface area contributed by atoms with E-state index in [1.54, 1.807) is 0 Å². The Morgan fingerprint density at radius 2 is 1.95 bits per heavy atom. The van der Waals surface area contributed by atoms with Crippen molar-refractivity contribution in [1.82, 2.24) is 9.79 Å². The second-order valence-corrected chi connectivity index (χ2v) is 7.14. The largest absolute Gasteiger partial charge is 0.278 e. The summed E-state index contributed by atoms with van der Waals surface area (Å²) in [5.74, 6) is -0.568. The zero-order valence-corrected chi connectivity index (χ0v) is 13.7. The zero-order chi connectivity index (χ0) is 15.8. The molecule has 116 valence electrons. The lowest BCUT2D eigenvalue weighted by Crippen LogP contribution is -2.28. The Morgan fingerprint density at radius 3 is 2.48 bits per heavy atom. The van der Waals surface area contributed by atoms with Crippen molar-refractivity contribution >= 4 is 39.1 Å². The van der Waals surface area contributed by atoms with Crippen LogP contribution in [0.15, 0.2) is 17.0 Å². The minimum absolute atomic E-state index is 0.00147. The number of hydroxylamine groups is 2. The van der Waals surface area contributed by atoms with Crippen LogP contribution in [0.1, 0.15) is 23.2 Å². The fraction of sp³-hybridized carbons (Fsp3) is 0.417. The van der Waals surface area contributed by atoms with Gasteiger partial charge in [-0.2, -0.15) is 0 Å². The van der Waals surface area contributed by atoms with Gasteiger partial charge in [0.15, 0.2) is 0 Å². The van der Waals surface area contributed by atoms with Gasteiger partial charge in [-0.3, -0.25) is 9.63 Å². The molecule has 1 aliphatic rings. The molecule has 1 aromatic rings. The quantitative estimate of drug-likeness (QED) is 0.823. The van der Waals surface area contributed by atoms with E-state index in [1.807, 2.05) is 0 Å². The summed E-state index contributed by atoms with van der Waals surface area (Å²) in [6.07, 6.45) is 1.59. The first-order valence-corrected chi connectivity index (χ1v) is 8.33. The van der Waals surface area contributed by atoms with Crippen molar-refractivity contribution in [2.24, 2.45) is 0 Å². The average Bonchev–Trinajstić information content (AvgIpc) is 3.19. The Labute approximate surface area is 133 Å². The number of rotatable bonds is 5. The second kappa shape index (κ2) is 6.10. The monoisotopic (exact) mass is 352 g/mol. The maximum absolute atomic E-state index is 12.2. The third-order valence-corrected chi connectivity index (χ3v) is 5.30. The first-order valence-electron chi connectivity index (χ1n) is 6.10. The van der Waals surface area contributed by atoms with Crippen LogP contribution in [0.5, 0.6) is 0 Å². The van der Waals surface area contributed by atoms with Crippen LogP contribution < -0.4 is 4.72 Å². The lowest BCUT2D eigenvalue weighted by molar-refractivity contribution is -0.0757. The van der Waals surface area contributed by atoms with Gasteiger partial charge in [0.2, 0.25) is 10.0 Å². The molecule has 9 heteroatoms. The maximum atomic E-state index is 12.2. The van der Waals surface area contributed by atoms with Crippen molar-refractivity contribution < 1.29 is 18.0 Å². The Kier molecular flexibility index (Phi) is 4.79. The number of benzene rings is 1. The average molecular weight is 353 g/mol. The SMILES string of the molecule is CON(C)C(=O)c1cc(S(=O)(=O)NC2CC2)c(Cl)cc1Cl. The van der Waals surface area contributed by atoms with Gasteiger partial charge in [0.1, 0.15) is 4.90 Å². The molecule has 0 atom stereocenters. The number of hydrogen-bond donors (Lipinski definition) is 1. The summed E-state index contributed by atoms with van der Waals surface area (Å²) in [4.78, 5) is 16.7. The Bertz CT molecular complexity index is 674. The fourth-order valence-electron chi connectivity index (χ4n) is 1.64. The summed E-state index contributed by atoms with van der Waals surface area (Å²) in [6.45, 7) is 0. The van der Waals surface area contributed by atoms with Gasteiger partial charge in [-0.25, -0.2) is 18.2 Å². The van der Waals surface area contributed by atoms with E-state index in [-0.39, 0.29) is 26.5 Å². The van der Waals surface area contributed by atoms with Crippen molar-refractivity contribution in [2.45, 2.75) is 23.8 Å². The third kappa shape index (κ3) is 3.67. The van der Waals surface area contributed by atoms with Crippen molar-refractivity contribution in [3.63, 3.8) is 0 Å². The number of nitrogens with one attached hydrogen (secondary N) is 1. The number of amides is 1. The number of sulfonamides is 1. The first kappa shape index (κ1) is 16.5. The molecular weight excluding hydrogens is 339 g/mol. The van der Waals surface area contributed by atoms with Crippen LogP contribution in [0.4, 0.5) is 0 Å². The highest BCUT2D eigenvalue weighted by Gasteiger charge is 2.30. The lowest BCUT2D eigenvalue weighted by Gasteiger charge is -2.16. The third-order valence-electron chi connectivity index (χ3n) is 3.00. The number of carbonyl (C=O) groups is 1. The van der Waals surface area contributed by atoms with Crippen LogP contribution in [0.2, 0.25) is 10.0 Å². The normalized spacial score (nSPS) is 15.0. The van der Waals surface area contributed by atoms with Crippen LogP contribution >= 0.6 is 23.2 Å². The van der Waals surface area contributed by atoms with E-state index >= 15 is 0 Å². The highest BCUT2D eigenvalue weighted by Crippen LogP contribution is 2.31. The van der Waals surface area contributed by atoms with E-state index in [2.05, 4.69) is 4.72 Å². The minimum atomic E-state index is -3.79. The molecule has 0 saturated heterocycles. The predicted octanol–water partition coefficient (Wildman–Crippen LogP) is 2.07. The standard InChI is InChI=1S/C12H14Cl2N2O4S/c1-16(20-2)12(17)8-5-11(10(14)6-9(8)13)21(18,19)15-7-3-4-7/h5-7,15H,3-4H2,1-2H3. The van der Waals surface area contributed by atoms with Crippen LogP contribution in [-0.4, -0.2) is 39.6 Å². The molecule has 1 aromatic carbocycles. The number of halogens is 2. The fourth-order valence-corrected chi connectivity index (χ4v) is 3.79. The molecule has 1 N–H and O–H groups in total. The van der Waals surface area contributed by atoms with Crippen LogP contribution in [0.3, 0.4) is 0 Å². The second-order valence-electron chi connectivity index (χ2n) is 4.64. The summed E-state index contributed by atoms with van der Waals surface area (Å²) in [7, 11) is -1.08. The minimum Gasteiger partial charge on any atom is -0.274 e. The first-order chi connectivity index (χ1) is 9.76. The summed E-state index contributed by atoms with van der Waals surface area (Å²) in [5, 5.41) is 0.962. The highest BCUT2D eigenvalue weighted by molar-refractivity contribution is 7.89. The molecule has 2 rings (SSSR count). The molecule has 1 aliphatic carbocycles. The molecule has 0 unspecified atom stereocenters. The van der Waals surface area contributed by atoms with E-state index in [0.717, 1.165) is 24.0 Å². The van der Waals surface area contributed by atoms with Gasteiger partial charge < -0.3 is 0 Å². The van der Waals surface area contributed by atoms with E-state index in [1.165, 1.54) is 20.2 Å². The number of nitrogens with zero attached hydrogens (tertiary/aromatic N) is 1. The Balaban J connectivity index is 2.45. The summed E-state index contributed by atoms with van der Waals surface area (Å²) in [6, 6.07) is 2.33. The van der Waals surface area contributed by atoms with Crippen molar-refractivity contribution in [3.8, 4) is 0 Å². The molecular formula is C12H14Cl2N2O4S. The Hall–Kier alpha value is -0.860. The smallest absolute Gasteiger partial charge is 0.274 e. The maximum Gasteiger partial charge on any atom is 0.278 e. The van der Waals surface area contributed by atoms with Crippen molar-refractivity contribution in [1.29, 1.82) is 0 Å². The molecule has 0 aromatic heterocycles. The van der Waals surface area contributed by atoms with Gasteiger partial charge in [-0.05, 0) is 25.0 Å².